The molecule has 0 atom stereocenters. The van der Waals surface area contributed by atoms with Crippen molar-refractivity contribution in [1.29, 1.82) is 0 Å². The van der Waals surface area contributed by atoms with Gasteiger partial charge in [-0.3, -0.25) is 14.4 Å². The van der Waals surface area contributed by atoms with Crippen molar-refractivity contribution >= 4 is 28.5 Å². The van der Waals surface area contributed by atoms with Gasteiger partial charge in [0.25, 0.3) is 5.91 Å². The molecule has 2 heterocycles. The quantitative estimate of drug-likeness (QED) is 0.758. The normalized spacial score (nSPS) is 13.6. The Morgan fingerprint density at radius 2 is 1.71 bits per heavy atom. The molecule has 0 bridgehead atoms. The largest absolute Gasteiger partial charge is 0.451 e. The fourth-order valence-corrected chi connectivity index (χ4v) is 3.37. The fraction of sp³-hybridized carbons (Fsp3) is 0.227. The van der Waals surface area contributed by atoms with Crippen molar-refractivity contribution in [1.82, 2.24) is 4.90 Å². The number of rotatable bonds is 4. The number of carbonyl (C=O) groups excluding carboxylic acids is 2. The summed E-state index contributed by atoms with van der Waals surface area (Å²) >= 11 is 0. The van der Waals surface area contributed by atoms with Gasteiger partial charge in [-0.2, -0.15) is 0 Å². The monoisotopic (exact) mass is 376 g/mol. The van der Waals surface area contributed by atoms with Crippen molar-refractivity contribution in [3.63, 3.8) is 0 Å². The van der Waals surface area contributed by atoms with Gasteiger partial charge < -0.3 is 14.6 Å². The van der Waals surface area contributed by atoms with Gasteiger partial charge in [-0.15, -0.1) is 0 Å². The van der Waals surface area contributed by atoms with Gasteiger partial charge >= 0.3 is 0 Å². The summed E-state index contributed by atoms with van der Waals surface area (Å²) in [5, 5.41) is 3.16. The van der Waals surface area contributed by atoms with E-state index in [-0.39, 0.29) is 17.1 Å². The van der Waals surface area contributed by atoms with Gasteiger partial charge in [-0.25, -0.2) is 0 Å². The van der Waals surface area contributed by atoms with Crippen molar-refractivity contribution in [3.8, 4) is 0 Å². The van der Waals surface area contributed by atoms with Crippen molar-refractivity contribution in [2.75, 3.05) is 18.4 Å². The molecule has 1 aromatic heterocycles. The number of para-hydroxylation sites is 1. The van der Waals surface area contributed by atoms with Crippen LogP contribution in [0.5, 0.6) is 0 Å². The molecule has 0 radical (unpaired) electrons. The molecule has 6 heteroatoms. The maximum absolute atomic E-state index is 12.4. The van der Waals surface area contributed by atoms with Crippen LogP contribution in [0.15, 0.2) is 63.8 Å². The third-order valence-electron chi connectivity index (χ3n) is 4.88. The summed E-state index contributed by atoms with van der Waals surface area (Å²) in [5.41, 5.74) is 1.57. The van der Waals surface area contributed by atoms with Gasteiger partial charge in [0.05, 0.1) is 11.8 Å². The van der Waals surface area contributed by atoms with E-state index < -0.39 is 5.91 Å². The SMILES string of the molecule is O=C(Nc1ccc(CC(=O)N2CCCC2)cc1)c1cc(=O)c2ccccc2o1. The molecule has 2 amide bonds. The maximum atomic E-state index is 12.4. The van der Waals surface area contributed by atoms with E-state index in [0.29, 0.717) is 23.1 Å². The van der Waals surface area contributed by atoms with E-state index in [2.05, 4.69) is 5.32 Å². The lowest BCUT2D eigenvalue weighted by atomic mass is 10.1. The number of amides is 2. The van der Waals surface area contributed by atoms with Gasteiger partial charge in [0.15, 0.2) is 11.2 Å². The first-order valence-electron chi connectivity index (χ1n) is 9.31. The third-order valence-corrected chi connectivity index (χ3v) is 4.88. The summed E-state index contributed by atoms with van der Waals surface area (Å²) < 4.78 is 5.55. The van der Waals surface area contributed by atoms with Crippen molar-refractivity contribution in [2.45, 2.75) is 19.3 Å². The molecule has 0 spiro atoms. The van der Waals surface area contributed by atoms with E-state index in [1.165, 1.54) is 6.07 Å². The molecular formula is C22H20N2O4. The van der Waals surface area contributed by atoms with Gasteiger partial charge in [-0.1, -0.05) is 24.3 Å². The lowest BCUT2D eigenvalue weighted by Gasteiger charge is -2.15. The minimum absolute atomic E-state index is 0.0445. The predicted molar refractivity (Wildman–Crippen MR) is 106 cm³/mol. The molecule has 2 aromatic carbocycles. The molecule has 1 saturated heterocycles. The van der Waals surface area contributed by atoms with Gasteiger partial charge in [0, 0.05) is 24.8 Å². The van der Waals surface area contributed by atoms with Crippen LogP contribution in [0.4, 0.5) is 5.69 Å². The summed E-state index contributed by atoms with van der Waals surface area (Å²) in [6, 6.07) is 15.1. The predicted octanol–water partition coefficient (Wildman–Crippen LogP) is 3.21. The first-order chi connectivity index (χ1) is 13.6. The molecule has 1 aliphatic rings. The Morgan fingerprint density at radius 3 is 2.46 bits per heavy atom. The molecule has 3 aromatic rings. The first-order valence-corrected chi connectivity index (χ1v) is 9.31. The Kier molecular flexibility index (Phi) is 4.93. The van der Waals surface area contributed by atoms with Gasteiger partial charge in [-0.05, 0) is 42.7 Å². The fourth-order valence-electron chi connectivity index (χ4n) is 3.37. The molecule has 142 valence electrons. The number of carbonyl (C=O) groups is 2. The summed E-state index contributed by atoms with van der Waals surface area (Å²) in [7, 11) is 0. The minimum atomic E-state index is -0.497. The lowest BCUT2D eigenvalue weighted by molar-refractivity contribution is -0.129. The molecule has 0 saturated carbocycles. The van der Waals surface area contributed by atoms with Crippen LogP contribution in [0.3, 0.4) is 0 Å². The van der Waals surface area contributed by atoms with Crippen LogP contribution in [0.2, 0.25) is 0 Å². The second kappa shape index (κ2) is 7.68. The molecule has 1 N–H and O–H groups in total. The van der Waals surface area contributed by atoms with Crippen LogP contribution in [-0.4, -0.2) is 29.8 Å². The number of nitrogens with zero attached hydrogens (tertiary/aromatic N) is 1. The van der Waals surface area contributed by atoms with E-state index in [1.807, 2.05) is 17.0 Å². The van der Waals surface area contributed by atoms with E-state index >= 15 is 0 Å². The Morgan fingerprint density at radius 1 is 1.00 bits per heavy atom. The third kappa shape index (κ3) is 3.81. The Balaban J connectivity index is 1.44. The lowest BCUT2D eigenvalue weighted by Crippen LogP contribution is -2.29. The highest BCUT2D eigenvalue weighted by molar-refractivity contribution is 6.03. The zero-order chi connectivity index (χ0) is 19.5. The second-order valence-corrected chi connectivity index (χ2v) is 6.89. The number of fused-ring (bicyclic) bond motifs is 1. The summed E-state index contributed by atoms with van der Waals surface area (Å²) in [6.07, 6.45) is 2.50. The number of likely N-dealkylation sites (tertiary alicyclic amines) is 1. The van der Waals surface area contributed by atoms with E-state index in [9.17, 15) is 14.4 Å². The summed E-state index contributed by atoms with van der Waals surface area (Å²) in [6.45, 7) is 1.67. The molecule has 1 fully saturated rings. The highest BCUT2D eigenvalue weighted by atomic mass is 16.3. The van der Waals surface area contributed by atoms with Crippen LogP contribution in [-0.2, 0) is 11.2 Å². The van der Waals surface area contributed by atoms with Crippen LogP contribution in [0.1, 0.15) is 29.0 Å². The average molecular weight is 376 g/mol. The van der Waals surface area contributed by atoms with E-state index in [0.717, 1.165) is 31.5 Å². The molecule has 6 nitrogen and oxygen atoms in total. The summed E-state index contributed by atoms with van der Waals surface area (Å²) in [5.74, 6) is -0.409. The maximum Gasteiger partial charge on any atom is 0.291 e. The topological polar surface area (TPSA) is 79.6 Å². The molecular weight excluding hydrogens is 356 g/mol. The number of anilines is 1. The van der Waals surface area contributed by atoms with E-state index in [1.54, 1.807) is 36.4 Å². The number of hydrogen-bond donors (Lipinski definition) is 1. The Hall–Kier alpha value is -3.41. The highest BCUT2D eigenvalue weighted by Gasteiger charge is 2.18. The van der Waals surface area contributed by atoms with Crippen molar-refractivity contribution < 1.29 is 14.0 Å². The highest BCUT2D eigenvalue weighted by Crippen LogP contribution is 2.16. The van der Waals surface area contributed by atoms with Crippen LogP contribution in [0, 0.1) is 0 Å². The molecule has 28 heavy (non-hydrogen) atoms. The zero-order valence-electron chi connectivity index (χ0n) is 15.3. The second-order valence-electron chi connectivity index (χ2n) is 6.89. The van der Waals surface area contributed by atoms with Crippen LogP contribution >= 0.6 is 0 Å². The Labute approximate surface area is 161 Å². The van der Waals surface area contributed by atoms with Crippen molar-refractivity contribution in [2.24, 2.45) is 0 Å². The van der Waals surface area contributed by atoms with Crippen LogP contribution in [0.25, 0.3) is 11.0 Å². The molecule has 4 rings (SSSR count). The van der Waals surface area contributed by atoms with Gasteiger partial charge in [0.1, 0.15) is 5.58 Å². The zero-order valence-corrected chi connectivity index (χ0v) is 15.3. The Bertz CT molecular complexity index is 1080. The minimum Gasteiger partial charge on any atom is -0.451 e. The van der Waals surface area contributed by atoms with E-state index in [4.69, 9.17) is 4.42 Å². The first kappa shape index (κ1) is 18.0. The molecule has 1 aliphatic heterocycles. The summed E-state index contributed by atoms with van der Waals surface area (Å²) in [4.78, 5) is 38.7. The van der Waals surface area contributed by atoms with Gasteiger partial charge in [0.2, 0.25) is 5.91 Å². The number of hydrogen-bond acceptors (Lipinski definition) is 4. The average Bonchev–Trinajstić information content (AvgIpc) is 3.24. The number of nitrogens with one attached hydrogen (secondary N) is 1. The van der Waals surface area contributed by atoms with Crippen LogP contribution < -0.4 is 10.7 Å². The van der Waals surface area contributed by atoms with Crippen molar-refractivity contribution in [3.05, 3.63) is 76.1 Å². The number of benzene rings is 2. The molecule has 0 unspecified atom stereocenters. The standard InChI is InChI=1S/C22H20N2O4/c25-18-14-20(28-19-6-2-1-5-17(18)19)22(27)23-16-9-7-15(8-10-16)13-21(26)24-11-3-4-12-24/h1-2,5-10,14H,3-4,11-13H2,(H,23,27). The smallest absolute Gasteiger partial charge is 0.291 e. The molecule has 0 aliphatic carbocycles.